The number of aryl methyl sites for hydroxylation is 1. The third-order valence-electron chi connectivity index (χ3n) is 3.02. The highest BCUT2D eigenvalue weighted by Crippen LogP contribution is 2.22. The minimum atomic E-state index is -0.468. The van der Waals surface area contributed by atoms with Gasteiger partial charge in [0.25, 0.3) is 5.69 Å². The van der Waals surface area contributed by atoms with E-state index >= 15 is 0 Å². The number of benzene rings is 2. The van der Waals surface area contributed by atoms with Crippen molar-refractivity contribution >= 4 is 34.9 Å². The van der Waals surface area contributed by atoms with Crippen LogP contribution in [-0.4, -0.2) is 17.2 Å². The molecule has 2 amide bonds. The van der Waals surface area contributed by atoms with Gasteiger partial charge in [0.1, 0.15) is 0 Å². The van der Waals surface area contributed by atoms with Crippen LogP contribution in [0.1, 0.15) is 5.56 Å². The van der Waals surface area contributed by atoms with Gasteiger partial charge in [-0.25, -0.2) is 4.79 Å². The largest absolute Gasteiger partial charge is 0.323 e. The Morgan fingerprint density at radius 2 is 1.82 bits per heavy atom. The van der Waals surface area contributed by atoms with E-state index in [1.807, 2.05) is 30.5 Å². The molecular formula is C15H15N3O3S. The van der Waals surface area contributed by atoms with Crippen LogP contribution in [0.15, 0.2) is 47.4 Å². The number of carbonyl (C=O) groups excluding carboxylic acids is 1. The topological polar surface area (TPSA) is 84.3 Å². The second-order valence-electron chi connectivity index (χ2n) is 4.56. The molecule has 0 aromatic heterocycles. The quantitative estimate of drug-likeness (QED) is 0.501. The first-order valence-corrected chi connectivity index (χ1v) is 7.69. The van der Waals surface area contributed by atoms with Gasteiger partial charge in [0.15, 0.2) is 0 Å². The van der Waals surface area contributed by atoms with Crippen LogP contribution in [0, 0.1) is 17.0 Å². The van der Waals surface area contributed by atoms with Crippen molar-refractivity contribution in [2.75, 3.05) is 16.9 Å². The van der Waals surface area contributed by atoms with Gasteiger partial charge in [0.05, 0.1) is 4.92 Å². The number of nitrogens with zero attached hydrogens (tertiary/aromatic N) is 1. The van der Waals surface area contributed by atoms with E-state index in [2.05, 4.69) is 10.6 Å². The van der Waals surface area contributed by atoms with E-state index in [1.165, 1.54) is 18.2 Å². The van der Waals surface area contributed by atoms with Crippen molar-refractivity contribution in [2.24, 2.45) is 0 Å². The predicted molar refractivity (Wildman–Crippen MR) is 88.7 cm³/mol. The molecule has 0 saturated carbocycles. The molecule has 2 rings (SSSR count). The number of non-ortho nitro benzene ring substituents is 1. The average molecular weight is 317 g/mol. The van der Waals surface area contributed by atoms with Gasteiger partial charge >= 0.3 is 6.03 Å². The van der Waals surface area contributed by atoms with Gasteiger partial charge in [-0.3, -0.25) is 10.1 Å². The van der Waals surface area contributed by atoms with E-state index in [1.54, 1.807) is 18.7 Å². The van der Waals surface area contributed by atoms with E-state index in [0.29, 0.717) is 16.9 Å². The number of hydrogen-bond acceptors (Lipinski definition) is 4. The maximum Gasteiger partial charge on any atom is 0.323 e. The van der Waals surface area contributed by atoms with Crippen LogP contribution < -0.4 is 10.6 Å². The molecule has 0 fully saturated rings. The first kappa shape index (κ1) is 15.8. The number of anilines is 2. The summed E-state index contributed by atoms with van der Waals surface area (Å²) in [6, 6.07) is 11.4. The number of amides is 2. The molecule has 0 radical (unpaired) electrons. The Bertz CT molecular complexity index is 702. The highest BCUT2D eigenvalue weighted by molar-refractivity contribution is 7.98. The van der Waals surface area contributed by atoms with Crippen molar-refractivity contribution in [3.8, 4) is 0 Å². The van der Waals surface area contributed by atoms with Gasteiger partial charge in [0.2, 0.25) is 0 Å². The molecule has 0 bridgehead atoms. The van der Waals surface area contributed by atoms with Crippen LogP contribution in [0.2, 0.25) is 0 Å². The summed E-state index contributed by atoms with van der Waals surface area (Å²) in [6.45, 7) is 1.70. The van der Waals surface area contributed by atoms with Crippen LogP contribution in [-0.2, 0) is 0 Å². The Balaban J connectivity index is 2.03. The smallest absolute Gasteiger partial charge is 0.308 e. The lowest BCUT2D eigenvalue weighted by Gasteiger charge is -2.10. The van der Waals surface area contributed by atoms with Crippen LogP contribution in [0.5, 0.6) is 0 Å². The Morgan fingerprint density at radius 3 is 2.36 bits per heavy atom. The molecular weight excluding hydrogens is 302 g/mol. The second kappa shape index (κ2) is 6.95. The number of hydrogen-bond donors (Lipinski definition) is 2. The summed E-state index contributed by atoms with van der Waals surface area (Å²) >= 11 is 1.62. The van der Waals surface area contributed by atoms with Crippen LogP contribution in [0.25, 0.3) is 0 Å². The molecule has 0 spiro atoms. The van der Waals surface area contributed by atoms with Crippen LogP contribution in [0.3, 0.4) is 0 Å². The Morgan fingerprint density at radius 1 is 1.14 bits per heavy atom. The lowest BCUT2D eigenvalue weighted by atomic mass is 10.2. The predicted octanol–water partition coefficient (Wildman–Crippen LogP) is 4.27. The molecule has 0 aliphatic heterocycles. The van der Waals surface area contributed by atoms with Crippen molar-refractivity contribution in [2.45, 2.75) is 11.8 Å². The van der Waals surface area contributed by atoms with E-state index in [0.717, 1.165) is 4.90 Å². The molecule has 0 atom stereocenters. The monoisotopic (exact) mass is 317 g/mol. The number of carbonyl (C=O) groups is 1. The van der Waals surface area contributed by atoms with E-state index in [-0.39, 0.29) is 5.69 Å². The number of nitrogens with one attached hydrogen (secondary N) is 2. The third-order valence-corrected chi connectivity index (χ3v) is 3.76. The Hall–Kier alpha value is -2.54. The van der Waals surface area contributed by atoms with E-state index in [4.69, 9.17) is 0 Å². The molecule has 0 saturated heterocycles. The molecule has 0 aliphatic carbocycles. The van der Waals surface area contributed by atoms with Crippen molar-refractivity contribution in [1.82, 2.24) is 0 Å². The summed E-state index contributed by atoms with van der Waals surface area (Å²) in [5.41, 5.74) is 1.83. The molecule has 22 heavy (non-hydrogen) atoms. The molecule has 0 unspecified atom stereocenters. The lowest BCUT2D eigenvalue weighted by molar-refractivity contribution is -0.384. The zero-order valence-corrected chi connectivity index (χ0v) is 12.9. The van der Waals surface area contributed by atoms with E-state index < -0.39 is 11.0 Å². The summed E-state index contributed by atoms with van der Waals surface area (Å²) in [6.07, 6.45) is 1.98. The SMILES string of the molecule is CSc1ccc(NC(=O)Nc2ccc([N+](=O)[O-])cc2C)cc1. The minimum Gasteiger partial charge on any atom is -0.308 e. The van der Waals surface area contributed by atoms with Gasteiger partial charge in [-0.15, -0.1) is 11.8 Å². The van der Waals surface area contributed by atoms with E-state index in [9.17, 15) is 14.9 Å². The number of urea groups is 1. The summed E-state index contributed by atoms with van der Waals surface area (Å²) in [4.78, 5) is 23.3. The molecule has 0 aliphatic rings. The van der Waals surface area contributed by atoms with Gasteiger partial charge in [-0.1, -0.05) is 0 Å². The first-order chi connectivity index (χ1) is 10.5. The number of nitro benzene ring substituents is 1. The summed E-state index contributed by atoms with van der Waals surface area (Å²) < 4.78 is 0. The minimum absolute atomic E-state index is 0.00360. The average Bonchev–Trinajstić information content (AvgIpc) is 2.50. The molecule has 2 aromatic carbocycles. The first-order valence-electron chi connectivity index (χ1n) is 6.46. The molecule has 7 heteroatoms. The Kier molecular flexibility index (Phi) is 5.00. The fourth-order valence-corrected chi connectivity index (χ4v) is 2.27. The fourth-order valence-electron chi connectivity index (χ4n) is 1.86. The second-order valence-corrected chi connectivity index (χ2v) is 5.44. The number of rotatable bonds is 4. The maximum absolute atomic E-state index is 11.9. The highest BCUT2D eigenvalue weighted by Gasteiger charge is 2.10. The molecule has 6 nitrogen and oxygen atoms in total. The van der Waals surface area contributed by atoms with Crippen LogP contribution >= 0.6 is 11.8 Å². The van der Waals surface area contributed by atoms with Gasteiger partial charge in [0, 0.05) is 28.4 Å². The van der Waals surface area contributed by atoms with Crippen molar-refractivity contribution in [3.05, 3.63) is 58.1 Å². The summed E-state index contributed by atoms with van der Waals surface area (Å²) in [5.74, 6) is 0. The standard InChI is InChI=1S/C15H15N3O3S/c1-10-9-12(18(20)21)5-8-14(10)17-15(19)16-11-3-6-13(22-2)7-4-11/h3-9H,1-2H3,(H2,16,17,19). The summed E-state index contributed by atoms with van der Waals surface area (Å²) in [5, 5.41) is 16.1. The molecule has 0 heterocycles. The number of thioether (sulfide) groups is 1. The lowest BCUT2D eigenvalue weighted by Crippen LogP contribution is -2.19. The molecule has 2 aromatic rings. The third kappa shape index (κ3) is 3.98. The Labute approximate surface area is 132 Å². The molecule has 2 N–H and O–H groups in total. The normalized spacial score (nSPS) is 10.1. The molecule has 114 valence electrons. The fraction of sp³-hybridized carbons (Fsp3) is 0.133. The van der Waals surface area contributed by atoms with Gasteiger partial charge < -0.3 is 10.6 Å². The maximum atomic E-state index is 11.9. The van der Waals surface area contributed by atoms with Crippen molar-refractivity contribution in [1.29, 1.82) is 0 Å². The van der Waals surface area contributed by atoms with Crippen molar-refractivity contribution in [3.63, 3.8) is 0 Å². The zero-order valence-electron chi connectivity index (χ0n) is 12.1. The number of nitro groups is 1. The van der Waals surface area contributed by atoms with Gasteiger partial charge in [-0.05, 0) is 49.1 Å². The van der Waals surface area contributed by atoms with Gasteiger partial charge in [-0.2, -0.15) is 0 Å². The summed E-state index contributed by atoms with van der Waals surface area (Å²) in [7, 11) is 0. The zero-order chi connectivity index (χ0) is 16.1. The van der Waals surface area contributed by atoms with Crippen molar-refractivity contribution < 1.29 is 9.72 Å². The van der Waals surface area contributed by atoms with Crippen LogP contribution in [0.4, 0.5) is 21.9 Å². The highest BCUT2D eigenvalue weighted by atomic mass is 32.2.